The first-order valence-corrected chi connectivity index (χ1v) is 10.7. The van der Waals surface area contributed by atoms with Crippen LogP contribution in [0, 0.1) is 5.92 Å². The molecule has 5 nitrogen and oxygen atoms in total. The summed E-state index contributed by atoms with van der Waals surface area (Å²) in [5, 5.41) is 2.82. The molecule has 8 heteroatoms. The predicted molar refractivity (Wildman–Crippen MR) is 120 cm³/mol. The molecule has 3 aromatic carbocycles. The van der Waals surface area contributed by atoms with Crippen LogP contribution in [0.5, 0.6) is 0 Å². The highest BCUT2D eigenvalue weighted by Gasteiger charge is 2.60. The van der Waals surface area contributed by atoms with Gasteiger partial charge in [-0.2, -0.15) is 0 Å². The van der Waals surface area contributed by atoms with Gasteiger partial charge in [0.2, 0.25) is 5.91 Å². The number of benzene rings is 3. The van der Waals surface area contributed by atoms with Crippen molar-refractivity contribution < 1.29 is 14.4 Å². The van der Waals surface area contributed by atoms with Crippen molar-refractivity contribution in [3.63, 3.8) is 0 Å². The van der Waals surface area contributed by atoms with Gasteiger partial charge >= 0.3 is 0 Å². The molecule has 0 radical (unpaired) electrons. The van der Waals surface area contributed by atoms with Crippen LogP contribution in [0.3, 0.4) is 0 Å². The topological polar surface area (TPSA) is 49.9 Å². The van der Waals surface area contributed by atoms with Crippen molar-refractivity contribution in [1.82, 2.24) is 0 Å². The maximum atomic E-state index is 13.5. The van der Waals surface area contributed by atoms with Crippen molar-refractivity contribution in [1.29, 1.82) is 0 Å². The second kappa shape index (κ2) is 7.84. The monoisotopic (exact) mass is 472 g/mol. The summed E-state index contributed by atoms with van der Waals surface area (Å²) >= 11 is 18.2. The van der Waals surface area contributed by atoms with E-state index in [1.807, 2.05) is 42.5 Å². The molecule has 0 spiro atoms. The summed E-state index contributed by atoms with van der Waals surface area (Å²) in [7, 11) is 0. The first kappa shape index (κ1) is 20.3. The summed E-state index contributed by atoms with van der Waals surface area (Å²) in [5.41, 5.74) is 1.93. The highest BCUT2D eigenvalue weighted by Crippen LogP contribution is 2.48. The minimum atomic E-state index is -0.956. The molecule has 0 saturated carbocycles. The molecular weight excluding hydrogens is 459 g/mol. The predicted octanol–water partition coefficient (Wildman–Crippen LogP) is 5.70. The molecule has 2 saturated heterocycles. The van der Waals surface area contributed by atoms with Crippen LogP contribution in [0.15, 0.2) is 72.8 Å². The minimum Gasteiger partial charge on any atom is -0.273 e. The first-order chi connectivity index (χ1) is 15.0. The van der Waals surface area contributed by atoms with Gasteiger partial charge < -0.3 is 0 Å². The summed E-state index contributed by atoms with van der Waals surface area (Å²) in [6.07, 6.45) is -0.956. The van der Waals surface area contributed by atoms with Crippen molar-refractivity contribution in [3.05, 3.63) is 93.4 Å². The molecule has 0 aromatic heterocycles. The molecule has 3 aromatic rings. The van der Waals surface area contributed by atoms with Gasteiger partial charge in [-0.15, -0.1) is 0 Å². The van der Waals surface area contributed by atoms with Gasteiger partial charge in [-0.1, -0.05) is 65.1 Å². The summed E-state index contributed by atoms with van der Waals surface area (Å²) in [6, 6.07) is 20.7. The Bertz CT molecular complexity index is 1170. The number of rotatable bonds is 3. The third-order valence-electron chi connectivity index (χ3n) is 5.50. The highest BCUT2D eigenvalue weighted by atomic mass is 35.5. The minimum absolute atomic E-state index is 0.262. The van der Waals surface area contributed by atoms with Gasteiger partial charge in [0.15, 0.2) is 6.10 Å². The van der Waals surface area contributed by atoms with Crippen molar-refractivity contribution >= 4 is 58.0 Å². The molecular formula is C23H15Cl3N2O3. The standard InChI is InChI=1S/C23H15Cl3N2O3/c24-14-8-6-13(7-9-14)20-19-21(31-28(20)15-4-2-1-3-5-15)23(30)27(22(19)29)16-10-11-17(25)18(26)12-16/h1-12,19-21H/t19-,20+,21+/m0/s1. The van der Waals surface area contributed by atoms with E-state index in [-0.39, 0.29) is 10.9 Å². The molecule has 5 rings (SSSR count). The number of nitrogens with zero attached hydrogens (tertiary/aromatic N) is 2. The number of fused-ring (bicyclic) bond motifs is 1. The Hall–Kier alpha value is -2.57. The van der Waals surface area contributed by atoms with Gasteiger partial charge in [-0.3, -0.25) is 14.4 Å². The fourth-order valence-electron chi connectivity index (χ4n) is 4.09. The number of halogens is 3. The lowest BCUT2D eigenvalue weighted by molar-refractivity contribution is -0.126. The molecule has 156 valence electrons. The van der Waals surface area contributed by atoms with Crippen LogP contribution < -0.4 is 9.96 Å². The fourth-order valence-corrected chi connectivity index (χ4v) is 4.51. The van der Waals surface area contributed by atoms with Crippen LogP contribution in [-0.2, 0) is 14.4 Å². The number of hydroxylamine groups is 1. The molecule has 0 unspecified atom stereocenters. The summed E-state index contributed by atoms with van der Waals surface area (Å²) < 4.78 is 0. The Morgan fingerprint density at radius 3 is 2.13 bits per heavy atom. The second-order valence-corrected chi connectivity index (χ2v) is 8.57. The largest absolute Gasteiger partial charge is 0.273 e. The van der Waals surface area contributed by atoms with Gasteiger partial charge in [0.05, 0.1) is 27.5 Å². The Labute approximate surface area is 193 Å². The third kappa shape index (κ3) is 3.38. The van der Waals surface area contributed by atoms with Crippen molar-refractivity contribution in [2.24, 2.45) is 5.92 Å². The number of anilines is 2. The van der Waals surface area contributed by atoms with E-state index in [0.717, 1.165) is 16.2 Å². The molecule has 2 heterocycles. The van der Waals surface area contributed by atoms with Crippen LogP contribution in [-0.4, -0.2) is 17.9 Å². The molecule has 0 aliphatic carbocycles. The maximum absolute atomic E-state index is 13.5. The summed E-state index contributed by atoms with van der Waals surface area (Å²) in [4.78, 5) is 34.0. The number of hydrogen-bond donors (Lipinski definition) is 0. The van der Waals surface area contributed by atoms with Gasteiger partial charge in [-0.05, 0) is 48.0 Å². The number of para-hydroxylation sites is 1. The lowest BCUT2D eigenvalue weighted by atomic mass is 9.90. The van der Waals surface area contributed by atoms with E-state index in [0.29, 0.717) is 15.7 Å². The zero-order chi connectivity index (χ0) is 21.7. The van der Waals surface area contributed by atoms with E-state index in [4.69, 9.17) is 39.6 Å². The zero-order valence-corrected chi connectivity index (χ0v) is 18.2. The Morgan fingerprint density at radius 1 is 0.742 bits per heavy atom. The molecule has 3 atom stereocenters. The van der Waals surface area contributed by atoms with E-state index in [9.17, 15) is 9.59 Å². The maximum Gasteiger partial charge on any atom is 0.266 e. The molecule has 2 amide bonds. The zero-order valence-electron chi connectivity index (χ0n) is 15.9. The highest BCUT2D eigenvalue weighted by molar-refractivity contribution is 6.42. The van der Waals surface area contributed by atoms with Crippen LogP contribution in [0.1, 0.15) is 11.6 Å². The van der Waals surface area contributed by atoms with E-state index in [2.05, 4.69) is 0 Å². The van der Waals surface area contributed by atoms with Crippen molar-refractivity contribution in [2.45, 2.75) is 12.1 Å². The molecule has 2 fully saturated rings. The van der Waals surface area contributed by atoms with Crippen LogP contribution in [0.2, 0.25) is 15.1 Å². The smallest absolute Gasteiger partial charge is 0.266 e. The number of imide groups is 1. The Balaban J connectivity index is 1.58. The van der Waals surface area contributed by atoms with E-state index in [1.54, 1.807) is 29.3 Å². The van der Waals surface area contributed by atoms with E-state index >= 15 is 0 Å². The molecule has 2 aliphatic rings. The lowest BCUT2D eigenvalue weighted by Gasteiger charge is -2.28. The van der Waals surface area contributed by atoms with Crippen LogP contribution >= 0.6 is 34.8 Å². The van der Waals surface area contributed by atoms with Gasteiger partial charge in [0, 0.05) is 5.02 Å². The third-order valence-corrected chi connectivity index (χ3v) is 6.49. The van der Waals surface area contributed by atoms with Crippen LogP contribution in [0.4, 0.5) is 11.4 Å². The Morgan fingerprint density at radius 2 is 1.45 bits per heavy atom. The molecule has 2 aliphatic heterocycles. The quantitative estimate of drug-likeness (QED) is 0.458. The van der Waals surface area contributed by atoms with E-state index < -0.39 is 24.0 Å². The van der Waals surface area contributed by atoms with Crippen molar-refractivity contribution in [3.8, 4) is 0 Å². The SMILES string of the molecule is O=C1[C@H]2[C@@H](c3ccc(Cl)cc3)N(c3ccccc3)O[C@H]2C(=O)N1c1ccc(Cl)c(Cl)c1. The van der Waals surface area contributed by atoms with Crippen LogP contribution in [0.25, 0.3) is 0 Å². The molecule has 0 N–H and O–H groups in total. The first-order valence-electron chi connectivity index (χ1n) is 9.55. The Kier molecular flexibility index (Phi) is 5.15. The number of amides is 2. The number of carbonyl (C=O) groups excluding carboxylic acids is 2. The average Bonchev–Trinajstić information content (AvgIpc) is 3.28. The number of carbonyl (C=O) groups is 2. The molecule has 0 bridgehead atoms. The lowest BCUT2D eigenvalue weighted by Crippen LogP contribution is -2.37. The van der Waals surface area contributed by atoms with Gasteiger partial charge in [0.1, 0.15) is 5.92 Å². The van der Waals surface area contributed by atoms with Crippen molar-refractivity contribution in [2.75, 3.05) is 9.96 Å². The fraction of sp³-hybridized carbons (Fsp3) is 0.130. The second-order valence-electron chi connectivity index (χ2n) is 7.32. The average molecular weight is 474 g/mol. The van der Waals surface area contributed by atoms with Gasteiger partial charge in [-0.25, -0.2) is 9.96 Å². The normalized spacial score (nSPS) is 22.9. The summed E-state index contributed by atoms with van der Waals surface area (Å²) in [5.74, 6) is -1.53. The number of hydrogen-bond acceptors (Lipinski definition) is 4. The molecule has 31 heavy (non-hydrogen) atoms. The van der Waals surface area contributed by atoms with E-state index in [1.165, 1.54) is 6.07 Å². The van der Waals surface area contributed by atoms with Gasteiger partial charge in [0.25, 0.3) is 5.91 Å². The summed E-state index contributed by atoms with van der Waals surface area (Å²) in [6.45, 7) is 0.